The van der Waals surface area contributed by atoms with Crippen LogP contribution in [0.4, 0.5) is 18.9 Å². The Balaban J connectivity index is 1.26. The number of nitrogens with one attached hydrogen (secondary N) is 1. The molecule has 0 aromatic carbocycles. The van der Waals surface area contributed by atoms with Crippen molar-refractivity contribution >= 4 is 11.6 Å². The molecule has 0 radical (unpaired) electrons. The lowest BCUT2D eigenvalue weighted by molar-refractivity contribution is -0.138. The van der Waals surface area contributed by atoms with E-state index in [0.29, 0.717) is 23.1 Å². The summed E-state index contributed by atoms with van der Waals surface area (Å²) in [5.74, 6) is -0.263. The summed E-state index contributed by atoms with van der Waals surface area (Å²) in [7, 11) is 0. The van der Waals surface area contributed by atoms with Gasteiger partial charge in [-0.1, -0.05) is 0 Å². The van der Waals surface area contributed by atoms with Crippen LogP contribution in [0, 0.1) is 25.2 Å². The van der Waals surface area contributed by atoms with Crippen LogP contribution in [0.3, 0.4) is 0 Å². The number of anilines is 1. The van der Waals surface area contributed by atoms with Crippen molar-refractivity contribution in [1.29, 1.82) is 5.26 Å². The molecule has 1 saturated heterocycles. The van der Waals surface area contributed by atoms with E-state index in [1.54, 1.807) is 25.3 Å². The normalized spacial score (nSPS) is 22.1. The molecule has 3 aromatic rings. The van der Waals surface area contributed by atoms with Gasteiger partial charge in [0.15, 0.2) is 5.82 Å². The van der Waals surface area contributed by atoms with Gasteiger partial charge in [-0.2, -0.15) is 23.5 Å². The summed E-state index contributed by atoms with van der Waals surface area (Å²) in [5, 5.41) is 17.0. The smallest absolute Gasteiger partial charge is 0.379 e. The highest BCUT2D eigenvalue weighted by Gasteiger charge is 2.40. The number of ether oxygens (including phenoxy) is 1. The van der Waals surface area contributed by atoms with Gasteiger partial charge in [0.05, 0.1) is 71.0 Å². The molecule has 5 rings (SSSR count). The van der Waals surface area contributed by atoms with Gasteiger partial charge in [0.1, 0.15) is 0 Å². The maximum atomic E-state index is 13.1. The molecule has 1 saturated carbocycles. The average molecular weight is 554 g/mol. The summed E-state index contributed by atoms with van der Waals surface area (Å²) >= 11 is 0. The number of halogens is 3. The summed E-state index contributed by atoms with van der Waals surface area (Å²) in [6, 6.07) is 8.66. The van der Waals surface area contributed by atoms with E-state index in [1.165, 1.54) is 23.9 Å². The summed E-state index contributed by atoms with van der Waals surface area (Å²) < 4.78 is 46.1. The zero-order valence-electron chi connectivity index (χ0n) is 22.3. The van der Waals surface area contributed by atoms with Gasteiger partial charge in [0.2, 0.25) is 0 Å². The van der Waals surface area contributed by atoms with Crippen LogP contribution in [0.2, 0.25) is 0 Å². The molecule has 1 aliphatic heterocycles. The van der Waals surface area contributed by atoms with Crippen LogP contribution in [0.15, 0.2) is 36.7 Å². The molecule has 210 valence electrons. The molecule has 12 heteroatoms. The first-order valence-electron chi connectivity index (χ1n) is 13.2. The van der Waals surface area contributed by atoms with Gasteiger partial charge in [-0.25, -0.2) is 9.67 Å². The lowest BCUT2D eigenvalue weighted by Gasteiger charge is -2.41. The molecule has 2 aliphatic rings. The van der Waals surface area contributed by atoms with E-state index in [0.717, 1.165) is 58.1 Å². The molecular formula is C28H30F3N7O2. The van der Waals surface area contributed by atoms with Crippen LogP contribution < -0.4 is 5.32 Å². The second-order valence-electron chi connectivity index (χ2n) is 10.3. The number of alkyl halides is 3. The first-order chi connectivity index (χ1) is 19.1. The number of rotatable bonds is 5. The van der Waals surface area contributed by atoms with Crippen molar-refractivity contribution in [1.82, 2.24) is 24.6 Å². The zero-order valence-corrected chi connectivity index (χ0v) is 22.3. The lowest BCUT2D eigenvalue weighted by atomic mass is 9.71. The number of aromatic nitrogens is 4. The van der Waals surface area contributed by atoms with Crippen LogP contribution in [-0.2, 0) is 16.3 Å². The molecule has 1 aliphatic carbocycles. The number of aryl methyl sites for hydroxylation is 1. The predicted octanol–water partition coefficient (Wildman–Crippen LogP) is 4.59. The topological polar surface area (TPSA) is 109 Å². The number of hydrogen-bond acceptors (Lipinski definition) is 7. The maximum Gasteiger partial charge on any atom is 0.418 e. The summed E-state index contributed by atoms with van der Waals surface area (Å²) in [4.78, 5) is 24.0. The minimum absolute atomic E-state index is 0.179. The minimum atomic E-state index is -4.50. The van der Waals surface area contributed by atoms with Crippen LogP contribution in [-0.4, -0.2) is 62.9 Å². The lowest BCUT2D eigenvalue weighted by Crippen LogP contribution is -2.47. The van der Waals surface area contributed by atoms with Crippen molar-refractivity contribution in [3.8, 4) is 11.9 Å². The number of carbonyl (C=O) groups is 1. The quantitative estimate of drug-likeness (QED) is 0.492. The fourth-order valence-corrected chi connectivity index (χ4v) is 5.61. The number of pyridine rings is 2. The Kier molecular flexibility index (Phi) is 7.61. The van der Waals surface area contributed by atoms with Gasteiger partial charge in [-0.15, -0.1) is 0 Å². The largest absolute Gasteiger partial charge is 0.418 e. The fourth-order valence-electron chi connectivity index (χ4n) is 5.61. The van der Waals surface area contributed by atoms with Gasteiger partial charge in [-0.05, 0) is 63.8 Å². The number of carbonyl (C=O) groups excluding carboxylic acids is 1. The average Bonchev–Trinajstić information content (AvgIpc) is 3.34. The molecule has 1 amide bonds. The monoisotopic (exact) mass is 553 g/mol. The van der Waals surface area contributed by atoms with Crippen LogP contribution >= 0.6 is 0 Å². The van der Waals surface area contributed by atoms with Crippen LogP contribution in [0.5, 0.6) is 0 Å². The van der Waals surface area contributed by atoms with Crippen LogP contribution in [0.25, 0.3) is 5.82 Å². The Hall–Kier alpha value is -3.82. The van der Waals surface area contributed by atoms with Gasteiger partial charge in [-0.3, -0.25) is 14.7 Å². The SMILES string of the molecule is Cc1nc(-n2ncc(C(=O)Nc3ccc(C4(C#N)CCC(N5CCOCC5)CC4)nc3)c2C)ccc1C(F)(F)F. The minimum Gasteiger partial charge on any atom is -0.379 e. The van der Waals surface area contributed by atoms with E-state index < -0.39 is 23.1 Å². The first kappa shape index (κ1) is 27.7. The van der Waals surface area contributed by atoms with E-state index in [1.807, 2.05) is 0 Å². The summed E-state index contributed by atoms with van der Waals surface area (Å²) in [5.41, 5.74) is 0.170. The van der Waals surface area contributed by atoms with Crippen molar-refractivity contribution in [2.75, 3.05) is 31.6 Å². The molecule has 0 unspecified atom stereocenters. The molecule has 0 bridgehead atoms. The zero-order chi connectivity index (χ0) is 28.5. The fraction of sp³-hybridized carbons (Fsp3) is 0.464. The van der Waals surface area contributed by atoms with E-state index in [-0.39, 0.29) is 17.1 Å². The Morgan fingerprint density at radius 2 is 1.85 bits per heavy atom. The van der Waals surface area contributed by atoms with Gasteiger partial charge < -0.3 is 10.1 Å². The highest BCUT2D eigenvalue weighted by atomic mass is 19.4. The van der Waals surface area contributed by atoms with E-state index in [4.69, 9.17) is 4.74 Å². The number of amides is 1. The standard InChI is InChI=1S/C28H30F3N7O2/c1-18-23(28(29,30)31)4-6-25(35-18)38-19(2)22(16-34-38)26(39)36-20-3-5-24(33-15-20)27(17-32)9-7-21(8-10-27)37-11-13-40-14-12-37/h3-6,15-16,21H,7-14H2,1-2H3,(H,36,39). The van der Waals surface area contributed by atoms with E-state index in [9.17, 15) is 23.2 Å². The van der Waals surface area contributed by atoms with Crippen molar-refractivity contribution in [2.45, 2.75) is 57.2 Å². The van der Waals surface area contributed by atoms with Crippen LogP contribution in [0.1, 0.15) is 58.7 Å². The third-order valence-electron chi connectivity index (χ3n) is 7.94. The van der Waals surface area contributed by atoms with E-state index in [2.05, 4.69) is 31.4 Å². The Labute approximate surface area is 230 Å². The molecule has 9 nitrogen and oxygen atoms in total. The number of nitriles is 1. The Morgan fingerprint density at radius 3 is 2.45 bits per heavy atom. The van der Waals surface area contributed by atoms with E-state index >= 15 is 0 Å². The molecule has 2 fully saturated rings. The molecular weight excluding hydrogens is 523 g/mol. The highest BCUT2D eigenvalue weighted by molar-refractivity contribution is 6.04. The van der Waals surface area contributed by atoms with Crippen molar-refractivity contribution in [3.05, 3.63) is 64.9 Å². The van der Waals surface area contributed by atoms with Gasteiger partial charge in [0, 0.05) is 19.1 Å². The molecule has 0 spiro atoms. The Morgan fingerprint density at radius 1 is 1.12 bits per heavy atom. The third kappa shape index (κ3) is 5.44. The third-order valence-corrected chi connectivity index (χ3v) is 7.94. The number of nitrogens with zero attached hydrogens (tertiary/aromatic N) is 6. The predicted molar refractivity (Wildman–Crippen MR) is 140 cm³/mol. The second kappa shape index (κ2) is 11.0. The maximum absolute atomic E-state index is 13.1. The number of morpholine rings is 1. The Bertz CT molecular complexity index is 1420. The van der Waals surface area contributed by atoms with Crippen molar-refractivity contribution < 1.29 is 22.7 Å². The summed E-state index contributed by atoms with van der Waals surface area (Å²) in [6.07, 6.45) is 1.67. The van der Waals surface area contributed by atoms with Crippen molar-refractivity contribution in [2.24, 2.45) is 0 Å². The molecule has 0 atom stereocenters. The molecule has 3 aromatic heterocycles. The van der Waals surface area contributed by atoms with Crippen molar-refractivity contribution in [3.63, 3.8) is 0 Å². The number of hydrogen-bond donors (Lipinski definition) is 1. The van der Waals surface area contributed by atoms with Gasteiger partial charge in [0.25, 0.3) is 5.91 Å². The summed E-state index contributed by atoms with van der Waals surface area (Å²) in [6.45, 7) is 6.27. The second-order valence-corrected chi connectivity index (χ2v) is 10.3. The van der Waals surface area contributed by atoms with Gasteiger partial charge >= 0.3 is 6.18 Å². The first-order valence-corrected chi connectivity index (χ1v) is 13.2. The highest BCUT2D eigenvalue weighted by Crippen LogP contribution is 2.40. The molecule has 4 heterocycles. The molecule has 40 heavy (non-hydrogen) atoms. The molecule has 1 N–H and O–H groups in total.